The molecule has 2 fully saturated rings. The van der Waals surface area contributed by atoms with E-state index in [4.69, 9.17) is 19.8 Å². The van der Waals surface area contributed by atoms with Crippen molar-refractivity contribution in [3.63, 3.8) is 0 Å². The summed E-state index contributed by atoms with van der Waals surface area (Å²) in [5, 5.41) is 17.5. The maximum Gasteiger partial charge on any atom is 0.490 e. The largest absolute Gasteiger partial charge is 0.490 e. The summed E-state index contributed by atoms with van der Waals surface area (Å²) in [6, 6.07) is 3.62. The first-order valence-electron chi connectivity index (χ1n) is 11.5. The third kappa shape index (κ3) is 10.4. The second-order valence-electron chi connectivity index (χ2n) is 8.84. The van der Waals surface area contributed by atoms with E-state index >= 15 is 0 Å². The fourth-order valence-electron chi connectivity index (χ4n) is 4.07. The van der Waals surface area contributed by atoms with Crippen LogP contribution in [0.2, 0.25) is 0 Å². The number of hydrogen-bond donors (Lipinski definition) is 2. The van der Waals surface area contributed by atoms with Crippen LogP contribution in [-0.2, 0) is 16.1 Å². The molecular weight excluding hydrogens is 558 g/mol. The van der Waals surface area contributed by atoms with Crippen molar-refractivity contribution in [2.24, 2.45) is 5.41 Å². The zero-order valence-electron chi connectivity index (χ0n) is 20.4. The first-order chi connectivity index (χ1) is 18.1. The molecule has 2 aromatic rings. The molecule has 0 aliphatic carbocycles. The summed E-state index contributed by atoms with van der Waals surface area (Å²) in [4.78, 5) is 43.3. The number of carboxylic acids is 2. The van der Waals surface area contributed by atoms with Crippen molar-refractivity contribution in [2.75, 3.05) is 26.2 Å². The van der Waals surface area contributed by atoms with E-state index in [0.29, 0.717) is 5.41 Å². The van der Waals surface area contributed by atoms with Gasteiger partial charge in [-0.1, -0.05) is 0 Å². The number of pyridine rings is 1. The number of nitrogens with zero attached hydrogens (tertiary/aromatic N) is 4. The zero-order valence-corrected chi connectivity index (χ0v) is 21.2. The van der Waals surface area contributed by atoms with Gasteiger partial charge in [-0.3, -0.25) is 14.7 Å². The molecule has 4 heterocycles. The molecule has 2 aromatic heterocycles. The van der Waals surface area contributed by atoms with E-state index in [1.165, 1.54) is 17.8 Å². The highest BCUT2D eigenvalue weighted by atomic mass is 32.1. The Morgan fingerprint density at radius 2 is 1.31 bits per heavy atom. The summed E-state index contributed by atoms with van der Waals surface area (Å²) in [5.41, 5.74) is 1.19. The van der Waals surface area contributed by atoms with E-state index in [2.05, 4.69) is 20.2 Å². The lowest BCUT2D eigenvalue weighted by atomic mass is 9.71. The van der Waals surface area contributed by atoms with E-state index in [9.17, 15) is 31.1 Å². The van der Waals surface area contributed by atoms with Gasteiger partial charge in [-0.25, -0.2) is 14.6 Å². The molecule has 0 radical (unpaired) electrons. The van der Waals surface area contributed by atoms with Crippen LogP contribution in [0.25, 0.3) is 0 Å². The number of aliphatic carboxylic acids is 2. The van der Waals surface area contributed by atoms with Crippen LogP contribution in [0.15, 0.2) is 36.1 Å². The summed E-state index contributed by atoms with van der Waals surface area (Å²) >= 11 is 1.74. The molecule has 16 heteroatoms. The number of carbonyl (C=O) groups is 3. The minimum atomic E-state index is -5.08. The van der Waals surface area contributed by atoms with Crippen molar-refractivity contribution in [1.82, 2.24) is 19.8 Å². The first-order valence-corrected chi connectivity index (χ1v) is 12.4. The molecule has 9 nitrogen and oxygen atoms in total. The van der Waals surface area contributed by atoms with Crippen LogP contribution in [0.3, 0.4) is 0 Å². The van der Waals surface area contributed by atoms with Gasteiger partial charge in [-0.05, 0) is 56.3 Å². The highest BCUT2D eigenvalue weighted by Crippen LogP contribution is 2.41. The quantitative estimate of drug-likeness (QED) is 0.512. The van der Waals surface area contributed by atoms with Crippen molar-refractivity contribution in [3.05, 3.63) is 46.7 Å². The number of aromatic nitrogens is 2. The summed E-state index contributed by atoms with van der Waals surface area (Å²) in [5.74, 6) is -5.36. The number of rotatable bonds is 3. The number of thiazole rings is 1. The average Bonchev–Trinajstić information content (AvgIpc) is 3.39. The molecule has 1 amide bonds. The molecule has 0 atom stereocenters. The van der Waals surface area contributed by atoms with Crippen molar-refractivity contribution in [3.8, 4) is 0 Å². The van der Waals surface area contributed by atoms with E-state index in [0.717, 1.165) is 51.1 Å². The number of likely N-dealkylation sites (tertiary alicyclic amines) is 2. The third-order valence-corrected chi connectivity index (χ3v) is 7.05. The molecule has 0 saturated carbocycles. The lowest BCUT2D eigenvalue weighted by Gasteiger charge is -2.46. The summed E-state index contributed by atoms with van der Waals surface area (Å²) in [6.45, 7) is 5.05. The van der Waals surface area contributed by atoms with Crippen LogP contribution in [0.1, 0.15) is 41.0 Å². The molecule has 1 spiro atoms. The van der Waals surface area contributed by atoms with Crippen LogP contribution < -0.4 is 0 Å². The van der Waals surface area contributed by atoms with Gasteiger partial charge in [0.2, 0.25) is 0 Å². The second-order valence-corrected chi connectivity index (χ2v) is 9.82. The number of halogens is 6. The monoisotopic (exact) mass is 584 g/mol. The topological polar surface area (TPSA) is 124 Å². The van der Waals surface area contributed by atoms with Gasteiger partial charge in [0.1, 0.15) is 5.01 Å². The molecular formula is C23H26F6N4O5S. The molecule has 2 aliphatic heterocycles. The summed E-state index contributed by atoms with van der Waals surface area (Å²) in [6.07, 6.45) is -0.135. The van der Waals surface area contributed by atoms with Gasteiger partial charge >= 0.3 is 24.3 Å². The molecule has 39 heavy (non-hydrogen) atoms. The number of carboxylic acid groups (broad SMARTS) is 2. The van der Waals surface area contributed by atoms with Crippen molar-refractivity contribution < 1.29 is 50.9 Å². The van der Waals surface area contributed by atoms with E-state index in [1.807, 2.05) is 23.2 Å². The number of piperidine rings is 2. The van der Waals surface area contributed by atoms with Crippen molar-refractivity contribution in [2.45, 2.75) is 44.6 Å². The van der Waals surface area contributed by atoms with Crippen molar-refractivity contribution in [1.29, 1.82) is 0 Å². The fraction of sp³-hybridized carbons (Fsp3) is 0.522. The lowest BCUT2D eigenvalue weighted by Crippen LogP contribution is -2.48. The smallest absolute Gasteiger partial charge is 0.475 e. The Bertz CT molecular complexity index is 1040. The highest BCUT2D eigenvalue weighted by molar-refractivity contribution is 7.09. The Morgan fingerprint density at radius 3 is 1.72 bits per heavy atom. The second kappa shape index (κ2) is 13.7. The molecule has 0 bridgehead atoms. The summed E-state index contributed by atoms with van der Waals surface area (Å²) < 4.78 is 63.5. The molecule has 2 N–H and O–H groups in total. The average molecular weight is 585 g/mol. The molecule has 0 aromatic carbocycles. The van der Waals surface area contributed by atoms with Gasteiger partial charge in [-0.2, -0.15) is 26.3 Å². The molecule has 2 aliphatic rings. The van der Waals surface area contributed by atoms with Crippen LogP contribution in [-0.4, -0.2) is 86.4 Å². The first kappa shape index (κ1) is 31.9. The van der Waals surface area contributed by atoms with Crippen molar-refractivity contribution >= 4 is 29.2 Å². The standard InChI is InChI=1S/C19H24N4OS.2C2HF3O2/c24-18(16-1-7-20-8-2-16)23-12-5-19(6-13-23)3-10-22(11-4-19)15-17-21-9-14-25-17;2*3-2(4,5)1(6)7/h1-2,7-9,14H,3-6,10-13,15H2;2*(H,6,7). The predicted octanol–water partition coefficient (Wildman–Crippen LogP) is 4.32. The fourth-order valence-corrected chi connectivity index (χ4v) is 4.73. The van der Waals surface area contributed by atoms with Crippen LogP contribution in [0.4, 0.5) is 26.3 Å². The Kier molecular flexibility index (Phi) is 11.2. The van der Waals surface area contributed by atoms with Crippen LogP contribution >= 0.6 is 11.3 Å². The highest BCUT2D eigenvalue weighted by Gasteiger charge is 2.40. The Labute approximate surface area is 223 Å². The number of alkyl halides is 6. The van der Waals surface area contributed by atoms with Gasteiger partial charge in [0, 0.05) is 42.6 Å². The number of amides is 1. The minimum Gasteiger partial charge on any atom is -0.475 e. The Morgan fingerprint density at radius 1 is 0.846 bits per heavy atom. The van der Waals surface area contributed by atoms with Gasteiger partial charge in [0.15, 0.2) is 0 Å². The maximum atomic E-state index is 12.6. The zero-order chi connectivity index (χ0) is 29.3. The Hall–Kier alpha value is -3.27. The normalized spacial score (nSPS) is 17.3. The van der Waals surface area contributed by atoms with Gasteiger partial charge in [-0.15, -0.1) is 11.3 Å². The number of hydrogen-bond acceptors (Lipinski definition) is 7. The summed E-state index contributed by atoms with van der Waals surface area (Å²) in [7, 11) is 0. The molecule has 216 valence electrons. The Balaban J connectivity index is 0.000000317. The van der Waals surface area contributed by atoms with Crippen LogP contribution in [0, 0.1) is 5.41 Å². The van der Waals surface area contributed by atoms with E-state index in [1.54, 1.807) is 23.7 Å². The lowest BCUT2D eigenvalue weighted by molar-refractivity contribution is -0.193. The van der Waals surface area contributed by atoms with Gasteiger partial charge in [0.25, 0.3) is 5.91 Å². The van der Waals surface area contributed by atoms with E-state index in [-0.39, 0.29) is 5.91 Å². The van der Waals surface area contributed by atoms with Crippen LogP contribution in [0.5, 0.6) is 0 Å². The molecule has 2 saturated heterocycles. The third-order valence-electron chi connectivity index (χ3n) is 6.28. The number of carbonyl (C=O) groups excluding carboxylic acids is 1. The van der Waals surface area contributed by atoms with Gasteiger partial charge < -0.3 is 15.1 Å². The SMILES string of the molecule is O=C(O)C(F)(F)F.O=C(O)C(F)(F)F.O=C(c1ccncc1)N1CCC2(CCN(Cc3nccs3)CC2)CC1. The maximum absolute atomic E-state index is 12.6. The predicted molar refractivity (Wildman–Crippen MR) is 126 cm³/mol. The van der Waals surface area contributed by atoms with E-state index < -0.39 is 24.3 Å². The molecule has 4 rings (SSSR count). The molecule has 0 unspecified atom stereocenters. The minimum absolute atomic E-state index is 0.151. The van der Waals surface area contributed by atoms with Gasteiger partial charge in [0.05, 0.1) is 6.54 Å².